The number of ether oxygens (including phenoxy) is 1. The van der Waals surface area contributed by atoms with Gasteiger partial charge in [-0.25, -0.2) is 4.68 Å². The lowest BCUT2D eigenvalue weighted by Crippen LogP contribution is -2.33. The first-order valence-electron chi connectivity index (χ1n) is 8.65. The number of methoxy groups -OCH3 is 1. The molecule has 1 aromatic heterocycles. The van der Waals surface area contributed by atoms with Crippen molar-refractivity contribution in [3.63, 3.8) is 0 Å². The van der Waals surface area contributed by atoms with E-state index in [-0.39, 0.29) is 11.5 Å². The zero-order valence-electron chi connectivity index (χ0n) is 14.5. The molecule has 0 bridgehead atoms. The fraction of sp³-hybridized carbons (Fsp3) is 0.421. The highest BCUT2D eigenvalue weighted by molar-refractivity contribution is 5.78. The van der Waals surface area contributed by atoms with E-state index in [4.69, 9.17) is 4.74 Å². The third-order valence-electron chi connectivity index (χ3n) is 4.44. The Morgan fingerprint density at radius 2 is 2.00 bits per heavy atom. The maximum absolute atomic E-state index is 12.1. The Labute approximate surface area is 146 Å². The topological polar surface area (TPSA) is 73.2 Å². The summed E-state index contributed by atoms with van der Waals surface area (Å²) < 4.78 is 6.56. The molecule has 25 heavy (non-hydrogen) atoms. The van der Waals surface area contributed by atoms with E-state index < -0.39 is 0 Å². The molecule has 0 atom stereocenters. The first-order chi connectivity index (χ1) is 12.2. The number of aromatic nitrogens is 2. The highest BCUT2D eigenvalue weighted by atomic mass is 16.5. The number of carbonyl (C=O) groups excluding carboxylic acids is 1. The quantitative estimate of drug-likeness (QED) is 0.864. The highest BCUT2D eigenvalue weighted by Gasteiger charge is 2.13. The van der Waals surface area contributed by atoms with E-state index in [1.165, 1.54) is 4.68 Å². The standard InChI is InChI=1S/C19H23N3O3/c1-25-16-8-6-14(7-9-16)12-18(23)20-10-11-22-19(24)13-15-4-2-3-5-17(15)21-22/h6-9,13H,2-5,10-12H2,1H3,(H,20,23). The van der Waals surface area contributed by atoms with Gasteiger partial charge < -0.3 is 10.1 Å². The molecule has 0 saturated heterocycles. The van der Waals surface area contributed by atoms with Crippen LogP contribution < -0.4 is 15.6 Å². The molecule has 1 aliphatic rings. The van der Waals surface area contributed by atoms with Crippen molar-refractivity contribution in [1.82, 2.24) is 15.1 Å². The van der Waals surface area contributed by atoms with E-state index in [2.05, 4.69) is 10.4 Å². The molecule has 0 saturated carbocycles. The molecule has 1 amide bonds. The molecule has 0 unspecified atom stereocenters. The molecule has 1 aliphatic carbocycles. The van der Waals surface area contributed by atoms with E-state index in [1.807, 2.05) is 24.3 Å². The maximum Gasteiger partial charge on any atom is 0.267 e. The van der Waals surface area contributed by atoms with E-state index >= 15 is 0 Å². The van der Waals surface area contributed by atoms with Crippen molar-refractivity contribution >= 4 is 5.91 Å². The zero-order valence-corrected chi connectivity index (χ0v) is 14.5. The molecule has 3 rings (SSSR count). The molecule has 2 aromatic rings. The van der Waals surface area contributed by atoms with E-state index in [1.54, 1.807) is 13.2 Å². The summed E-state index contributed by atoms with van der Waals surface area (Å²) in [6.07, 6.45) is 4.42. The van der Waals surface area contributed by atoms with Crippen LogP contribution in [0.5, 0.6) is 5.75 Å². The van der Waals surface area contributed by atoms with Crippen LogP contribution in [0.3, 0.4) is 0 Å². The Kier molecular flexibility index (Phi) is 5.48. The first kappa shape index (κ1) is 17.2. The summed E-state index contributed by atoms with van der Waals surface area (Å²) in [6.45, 7) is 0.779. The first-order valence-corrected chi connectivity index (χ1v) is 8.65. The van der Waals surface area contributed by atoms with Gasteiger partial charge in [0, 0.05) is 12.6 Å². The van der Waals surface area contributed by atoms with Gasteiger partial charge in [0.1, 0.15) is 5.75 Å². The Balaban J connectivity index is 1.52. The van der Waals surface area contributed by atoms with Crippen molar-refractivity contribution in [2.24, 2.45) is 0 Å². The van der Waals surface area contributed by atoms with Crippen molar-refractivity contribution in [3.05, 3.63) is 57.5 Å². The number of hydrogen-bond acceptors (Lipinski definition) is 4. The lowest BCUT2D eigenvalue weighted by molar-refractivity contribution is -0.120. The predicted molar refractivity (Wildman–Crippen MR) is 94.8 cm³/mol. The third kappa shape index (κ3) is 4.47. The molecular formula is C19H23N3O3. The van der Waals surface area contributed by atoms with E-state index in [9.17, 15) is 9.59 Å². The van der Waals surface area contributed by atoms with Gasteiger partial charge in [0.25, 0.3) is 5.56 Å². The SMILES string of the molecule is COc1ccc(CC(=O)NCCn2nc3c(cc2=O)CCCC3)cc1. The lowest BCUT2D eigenvalue weighted by atomic mass is 9.97. The predicted octanol–water partition coefficient (Wildman–Crippen LogP) is 1.49. The van der Waals surface area contributed by atoms with Crippen LogP contribution in [0.4, 0.5) is 0 Å². The van der Waals surface area contributed by atoms with E-state index in [0.29, 0.717) is 19.5 Å². The summed E-state index contributed by atoms with van der Waals surface area (Å²) in [6, 6.07) is 9.10. The minimum atomic E-state index is -0.0925. The van der Waals surface area contributed by atoms with Gasteiger partial charge in [-0.1, -0.05) is 12.1 Å². The van der Waals surface area contributed by atoms with Gasteiger partial charge in [-0.2, -0.15) is 5.10 Å². The second-order valence-corrected chi connectivity index (χ2v) is 6.26. The van der Waals surface area contributed by atoms with Gasteiger partial charge in [-0.3, -0.25) is 9.59 Å². The van der Waals surface area contributed by atoms with Crippen LogP contribution in [0.1, 0.15) is 29.7 Å². The summed E-state index contributed by atoms with van der Waals surface area (Å²) in [5.74, 6) is 0.693. The summed E-state index contributed by atoms with van der Waals surface area (Å²) in [7, 11) is 1.61. The fourth-order valence-corrected chi connectivity index (χ4v) is 3.05. The van der Waals surface area contributed by atoms with Crippen LogP contribution in [0.25, 0.3) is 0 Å². The highest BCUT2D eigenvalue weighted by Crippen LogP contribution is 2.16. The van der Waals surface area contributed by atoms with Crippen LogP contribution in [0.2, 0.25) is 0 Å². The van der Waals surface area contributed by atoms with Crippen molar-refractivity contribution in [1.29, 1.82) is 0 Å². The number of amides is 1. The minimum Gasteiger partial charge on any atom is -0.497 e. The average Bonchev–Trinajstić information content (AvgIpc) is 2.63. The summed E-state index contributed by atoms with van der Waals surface area (Å²) in [4.78, 5) is 24.1. The van der Waals surface area contributed by atoms with E-state index in [0.717, 1.165) is 48.3 Å². The van der Waals surface area contributed by atoms with Crippen LogP contribution >= 0.6 is 0 Å². The summed E-state index contributed by atoms with van der Waals surface area (Å²) in [5.41, 5.74) is 2.93. The largest absolute Gasteiger partial charge is 0.497 e. The molecule has 132 valence electrons. The van der Waals surface area contributed by atoms with Gasteiger partial charge >= 0.3 is 0 Å². The second kappa shape index (κ2) is 7.96. The van der Waals surface area contributed by atoms with Gasteiger partial charge in [0.2, 0.25) is 5.91 Å². The summed E-state index contributed by atoms with van der Waals surface area (Å²) >= 11 is 0. The average molecular weight is 341 g/mol. The Morgan fingerprint density at radius 3 is 2.76 bits per heavy atom. The van der Waals surface area contributed by atoms with Crippen molar-refractivity contribution in [3.8, 4) is 5.75 Å². The molecule has 0 aliphatic heterocycles. The smallest absolute Gasteiger partial charge is 0.267 e. The molecule has 0 fully saturated rings. The molecule has 1 aromatic carbocycles. The summed E-state index contributed by atoms with van der Waals surface area (Å²) in [5, 5.41) is 7.30. The molecule has 1 N–H and O–H groups in total. The third-order valence-corrected chi connectivity index (χ3v) is 4.44. The van der Waals surface area contributed by atoms with Gasteiger partial charge in [0.15, 0.2) is 0 Å². The van der Waals surface area contributed by atoms with Crippen LogP contribution in [-0.2, 0) is 30.6 Å². The minimum absolute atomic E-state index is 0.0730. The maximum atomic E-state index is 12.1. The monoisotopic (exact) mass is 341 g/mol. The number of fused-ring (bicyclic) bond motifs is 1. The fourth-order valence-electron chi connectivity index (χ4n) is 3.05. The van der Waals surface area contributed by atoms with Crippen LogP contribution in [0.15, 0.2) is 35.1 Å². The van der Waals surface area contributed by atoms with Crippen molar-refractivity contribution in [2.75, 3.05) is 13.7 Å². The zero-order chi connectivity index (χ0) is 17.6. The number of nitrogens with one attached hydrogen (secondary N) is 1. The number of nitrogens with zero attached hydrogens (tertiary/aromatic N) is 2. The molecule has 1 heterocycles. The second-order valence-electron chi connectivity index (χ2n) is 6.26. The van der Waals surface area contributed by atoms with Crippen LogP contribution in [-0.4, -0.2) is 29.3 Å². The molecule has 6 heteroatoms. The number of benzene rings is 1. The van der Waals surface area contributed by atoms with Gasteiger partial charge in [0.05, 0.1) is 25.8 Å². The molecular weight excluding hydrogens is 318 g/mol. The Morgan fingerprint density at radius 1 is 1.24 bits per heavy atom. The Bertz CT molecular complexity index is 797. The van der Waals surface area contributed by atoms with Gasteiger partial charge in [-0.05, 0) is 48.9 Å². The van der Waals surface area contributed by atoms with Crippen LogP contribution in [0, 0.1) is 0 Å². The van der Waals surface area contributed by atoms with Gasteiger partial charge in [-0.15, -0.1) is 0 Å². The molecule has 6 nitrogen and oxygen atoms in total. The molecule has 0 spiro atoms. The van der Waals surface area contributed by atoms with Crippen molar-refractivity contribution in [2.45, 2.75) is 38.6 Å². The number of aryl methyl sites for hydroxylation is 2. The number of carbonyl (C=O) groups is 1. The lowest BCUT2D eigenvalue weighted by Gasteiger charge is -2.16. The molecule has 0 radical (unpaired) electrons. The number of rotatable bonds is 6. The van der Waals surface area contributed by atoms with Crippen molar-refractivity contribution < 1.29 is 9.53 Å². The number of hydrogen-bond donors (Lipinski definition) is 1. The normalized spacial score (nSPS) is 13.2. The Hall–Kier alpha value is -2.63.